The van der Waals surface area contributed by atoms with E-state index in [0.29, 0.717) is 6.54 Å². The fourth-order valence-corrected chi connectivity index (χ4v) is 3.50. The summed E-state index contributed by atoms with van der Waals surface area (Å²) in [4.78, 5) is 15.9. The van der Waals surface area contributed by atoms with Gasteiger partial charge in [0, 0.05) is 30.0 Å². The van der Waals surface area contributed by atoms with E-state index >= 15 is 0 Å². The standard InChI is InChI=1S/C22H29N3O/c1-18-6-8-19(9-7-18)16-24(2)17-22(26)23-20-10-12-21(13-11-20)25-14-4-3-5-15-25/h6-13H,3-5,14-17H2,1-2H3,(H,23,26)/p+1. The van der Waals surface area contributed by atoms with Gasteiger partial charge in [-0.25, -0.2) is 0 Å². The van der Waals surface area contributed by atoms with Crippen molar-refractivity contribution in [1.29, 1.82) is 0 Å². The van der Waals surface area contributed by atoms with E-state index in [1.807, 2.05) is 12.1 Å². The second kappa shape index (κ2) is 8.86. The number of anilines is 2. The van der Waals surface area contributed by atoms with Crippen LogP contribution in [0.2, 0.25) is 0 Å². The van der Waals surface area contributed by atoms with Crippen molar-refractivity contribution in [1.82, 2.24) is 0 Å². The Morgan fingerprint density at radius 3 is 2.31 bits per heavy atom. The highest BCUT2D eigenvalue weighted by molar-refractivity contribution is 5.91. The van der Waals surface area contributed by atoms with E-state index in [9.17, 15) is 4.79 Å². The topological polar surface area (TPSA) is 36.8 Å². The summed E-state index contributed by atoms with van der Waals surface area (Å²) in [7, 11) is 2.05. The molecule has 1 aliphatic heterocycles. The number of benzene rings is 2. The first-order chi connectivity index (χ1) is 12.6. The summed E-state index contributed by atoms with van der Waals surface area (Å²) in [5.74, 6) is 0.0559. The molecule has 1 atom stereocenters. The molecule has 1 saturated heterocycles. The summed E-state index contributed by atoms with van der Waals surface area (Å²) in [6.45, 7) is 5.67. The number of nitrogens with one attached hydrogen (secondary N) is 2. The Hall–Kier alpha value is -2.33. The number of piperidine rings is 1. The quantitative estimate of drug-likeness (QED) is 0.839. The van der Waals surface area contributed by atoms with Crippen molar-refractivity contribution in [3.63, 3.8) is 0 Å². The number of quaternary nitrogens is 1. The van der Waals surface area contributed by atoms with Crippen LogP contribution in [-0.2, 0) is 11.3 Å². The maximum Gasteiger partial charge on any atom is 0.279 e. The molecule has 4 heteroatoms. The van der Waals surface area contributed by atoms with Crippen LogP contribution in [0.15, 0.2) is 48.5 Å². The third kappa shape index (κ3) is 5.33. The van der Waals surface area contributed by atoms with Gasteiger partial charge in [0.05, 0.1) is 7.05 Å². The molecule has 3 rings (SSSR count). The van der Waals surface area contributed by atoms with Crippen molar-refractivity contribution in [2.75, 3.05) is 36.9 Å². The van der Waals surface area contributed by atoms with E-state index in [2.05, 4.69) is 60.6 Å². The number of carbonyl (C=O) groups excluding carboxylic acids is 1. The Kier molecular flexibility index (Phi) is 6.29. The van der Waals surface area contributed by atoms with Crippen LogP contribution in [0.4, 0.5) is 11.4 Å². The molecule has 0 aromatic heterocycles. The lowest BCUT2D eigenvalue weighted by atomic mass is 10.1. The zero-order chi connectivity index (χ0) is 18.4. The van der Waals surface area contributed by atoms with Crippen LogP contribution in [0.5, 0.6) is 0 Å². The molecule has 138 valence electrons. The Morgan fingerprint density at radius 1 is 1.00 bits per heavy atom. The van der Waals surface area contributed by atoms with Gasteiger partial charge in [0.15, 0.2) is 6.54 Å². The minimum absolute atomic E-state index is 0.0559. The zero-order valence-corrected chi connectivity index (χ0v) is 15.9. The summed E-state index contributed by atoms with van der Waals surface area (Å²) in [6.07, 6.45) is 3.88. The van der Waals surface area contributed by atoms with Crippen LogP contribution in [0, 0.1) is 6.92 Å². The van der Waals surface area contributed by atoms with E-state index in [1.165, 1.54) is 41.0 Å². The molecule has 2 aromatic rings. The number of amides is 1. The largest absolute Gasteiger partial charge is 0.372 e. The van der Waals surface area contributed by atoms with Gasteiger partial charge in [0.2, 0.25) is 0 Å². The highest BCUT2D eigenvalue weighted by Crippen LogP contribution is 2.21. The van der Waals surface area contributed by atoms with Crippen LogP contribution in [-0.4, -0.2) is 32.6 Å². The molecule has 1 aliphatic rings. The van der Waals surface area contributed by atoms with E-state index in [4.69, 9.17) is 0 Å². The summed E-state index contributed by atoms with van der Waals surface area (Å²) < 4.78 is 0. The molecule has 0 spiro atoms. The van der Waals surface area contributed by atoms with E-state index in [0.717, 1.165) is 25.3 Å². The van der Waals surface area contributed by atoms with Gasteiger partial charge in [-0.2, -0.15) is 0 Å². The lowest BCUT2D eigenvalue weighted by molar-refractivity contribution is -0.885. The van der Waals surface area contributed by atoms with Gasteiger partial charge in [-0.1, -0.05) is 29.8 Å². The molecule has 1 heterocycles. The average Bonchev–Trinajstić information content (AvgIpc) is 2.65. The maximum atomic E-state index is 12.3. The van der Waals surface area contributed by atoms with Crippen molar-refractivity contribution in [3.8, 4) is 0 Å². The normalized spacial score (nSPS) is 15.5. The smallest absolute Gasteiger partial charge is 0.279 e. The molecule has 2 aromatic carbocycles. The van der Waals surface area contributed by atoms with Gasteiger partial charge in [-0.3, -0.25) is 4.79 Å². The van der Waals surface area contributed by atoms with E-state index in [-0.39, 0.29) is 5.91 Å². The fraction of sp³-hybridized carbons (Fsp3) is 0.409. The SMILES string of the molecule is Cc1ccc(C[NH+](C)CC(=O)Nc2ccc(N3CCCCC3)cc2)cc1. The Labute approximate surface area is 156 Å². The maximum absolute atomic E-state index is 12.3. The van der Waals surface area contributed by atoms with Crippen molar-refractivity contribution < 1.29 is 9.69 Å². The molecule has 1 fully saturated rings. The van der Waals surface area contributed by atoms with Crippen LogP contribution < -0.4 is 15.1 Å². The van der Waals surface area contributed by atoms with Crippen LogP contribution in [0.1, 0.15) is 30.4 Å². The van der Waals surface area contributed by atoms with Gasteiger partial charge in [-0.05, 0) is 50.5 Å². The van der Waals surface area contributed by atoms with Crippen molar-refractivity contribution in [3.05, 3.63) is 59.7 Å². The lowest BCUT2D eigenvalue weighted by Crippen LogP contribution is -3.08. The molecule has 1 amide bonds. The third-order valence-corrected chi connectivity index (χ3v) is 4.96. The van der Waals surface area contributed by atoms with Gasteiger partial charge >= 0.3 is 0 Å². The number of hydrogen-bond donors (Lipinski definition) is 2. The van der Waals surface area contributed by atoms with E-state index < -0.39 is 0 Å². The Morgan fingerprint density at radius 2 is 1.65 bits per heavy atom. The molecule has 0 bridgehead atoms. The molecule has 0 aliphatic carbocycles. The molecule has 0 saturated carbocycles. The highest BCUT2D eigenvalue weighted by Gasteiger charge is 2.13. The first kappa shape index (κ1) is 18.5. The second-order valence-corrected chi connectivity index (χ2v) is 7.44. The molecule has 2 N–H and O–H groups in total. The zero-order valence-electron chi connectivity index (χ0n) is 15.9. The summed E-state index contributed by atoms with van der Waals surface area (Å²) >= 11 is 0. The van der Waals surface area contributed by atoms with Crippen LogP contribution in [0.3, 0.4) is 0 Å². The highest BCUT2D eigenvalue weighted by atomic mass is 16.2. The molecule has 0 radical (unpaired) electrons. The van der Waals surface area contributed by atoms with Crippen molar-refractivity contribution >= 4 is 17.3 Å². The van der Waals surface area contributed by atoms with Gasteiger partial charge in [-0.15, -0.1) is 0 Å². The predicted octanol–water partition coefficient (Wildman–Crippen LogP) is 2.64. The Balaban J connectivity index is 1.48. The molecular weight excluding hydrogens is 322 g/mol. The number of rotatable bonds is 6. The lowest BCUT2D eigenvalue weighted by Gasteiger charge is -2.28. The second-order valence-electron chi connectivity index (χ2n) is 7.44. The number of aryl methyl sites for hydroxylation is 1. The van der Waals surface area contributed by atoms with Crippen molar-refractivity contribution in [2.24, 2.45) is 0 Å². The third-order valence-electron chi connectivity index (χ3n) is 4.96. The monoisotopic (exact) mass is 352 g/mol. The minimum Gasteiger partial charge on any atom is -0.372 e. The number of carbonyl (C=O) groups is 1. The van der Waals surface area contributed by atoms with Gasteiger partial charge < -0.3 is 15.1 Å². The molecule has 4 nitrogen and oxygen atoms in total. The van der Waals surface area contributed by atoms with Gasteiger partial charge in [0.1, 0.15) is 6.54 Å². The number of likely N-dealkylation sites (N-methyl/N-ethyl adjacent to an activating group) is 1. The van der Waals surface area contributed by atoms with Crippen LogP contribution in [0.25, 0.3) is 0 Å². The van der Waals surface area contributed by atoms with E-state index in [1.54, 1.807) is 0 Å². The minimum atomic E-state index is 0.0559. The molecule has 26 heavy (non-hydrogen) atoms. The fourth-order valence-electron chi connectivity index (χ4n) is 3.50. The Bertz CT molecular complexity index is 703. The first-order valence-electron chi connectivity index (χ1n) is 9.62. The molecule has 1 unspecified atom stereocenters. The molecular formula is C22H30N3O+. The van der Waals surface area contributed by atoms with Gasteiger partial charge in [0.25, 0.3) is 5.91 Å². The summed E-state index contributed by atoms with van der Waals surface area (Å²) in [6, 6.07) is 16.8. The number of hydrogen-bond acceptors (Lipinski definition) is 2. The van der Waals surface area contributed by atoms with Crippen LogP contribution >= 0.6 is 0 Å². The average molecular weight is 353 g/mol. The number of nitrogens with zero attached hydrogens (tertiary/aromatic N) is 1. The first-order valence-corrected chi connectivity index (χ1v) is 9.62. The summed E-state index contributed by atoms with van der Waals surface area (Å²) in [5.41, 5.74) is 4.65. The predicted molar refractivity (Wildman–Crippen MR) is 108 cm³/mol. The summed E-state index contributed by atoms with van der Waals surface area (Å²) in [5, 5.41) is 3.02. The van der Waals surface area contributed by atoms with Crippen molar-refractivity contribution in [2.45, 2.75) is 32.7 Å².